The van der Waals surface area contributed by atoms with Crippen molar-refractivity contribution in [2.75, 3.05) is 11.9 Å². The molecule has 1 unspecified atom stereocenters. The van der Waals surface area contributed by atoms with Gasteiger partial charge in [-0.1, -0.05) is 25.1 Å². The van der Waals surface area contributed by atoms with E-state index in [0.29, 0.717) is 6.54 Å². The number of aliphatic hydroxyl groups is 1. The van der Waals surface area contributed by atoms with Gasteiger partial charge in [-0.15, -0.1) is 0 Å². The molecule has 84 valence electrons. The standard InChI is InChI=1S/C13H21NO/c1-5-13(4,15)9-14-12-10(2)7-6-8-11(12)3/h6-8,14-15H,5,9H2,1-4H3. The van der Waals surface area contributed by atoms with Crippen LogP contribution in [0.5, 0.6) is 0 Å². The van der Waals surface area contributed by atoms with E-state index in [1.165, 1.54) is 11.1 Å². The summed E-state index contributed by atoms with van der Waals surface area (Å²) in [5, 5.41) is 13.2. The Bertz CT molecular complexity index is 311. The number of aryl methyl sites for hydroxylation is 2. The van der Waals surface area contributed by atoms with Crippen molar-refractivity contribution in [2.24, 2.45) is 0 Å². The normalized spacial score (nSPS) is 14.7. The van der Waals surface area contributed by atoms with Gasteiger partial charge in [0, 0.05) is 12.2 Å². The lowest BCUT2D eigenvalue weighted by Gasteiger charge is -2.23. The Morgan fingerprint density at radius 1 is 1.27 bits per heavy atom. The van der Waals surface area contributed by atoms with E-state index >= 15 is 0 Å². The molecule has 0 heterocycles. The molecule has 2 N–H and O–H groups in total. The van der Waals surface area contributed by atoms with Crippen molar-refractivity contribution >= 4 is 5.69 Å². The van der Waals surface area contributed by atoms with Gasteiger partial charge in [-0.25, -0.2) is 0 Å². The van der Waals surface area contributed by atoms with Gasteiger partial charge in [0.15, 0.2) is 0 Å². The fraction of sp³-hybridized carbons (Fsp3) is 0.538. The summed E-state index contributed by atoms with van der Waals surface area (Å²) in [4.78, 5) is 0. The van der Waals surface area contributed by atoms with Crippen LogP contribution in [0.1, 0.15) is 31.4 Å². The van der Waals surface area contributed by atoms with Crippen molar-refractivity contribution in [1.29, 1.82) is 0 Å². The average Bonchev–Trinajstić information content (AvgIpc) is 2.17. The molecule has 0 radical (unpaired) electrons. The van der Waals surface area contributed by atoms with Gasteiger partial charge >= 0.3 is 0 Å². The summed E-state index contributed by atoms with van der Waals surface area (Å²) in [5.74, 6) is 0. The molecule has 0 aliphatic rings. The third kappa shape index (κ3) is 3.24. The molecule has 0 saturated carbocycles. The van der Waals surface area contributed by atoms with Crippen LogP contribution in [0.3, 0.4) is 0 Å². The van der Waals surface area contributed by atoms with Crippen LogP contribution in [-0.4, -0.2) is 17.3 Å². The molecule has 15 heavy (non-hydrogen) atoms. The summed E-state index contributed by atoms with van der Waals surface area (Å²) >= 11 is 0. The van der Waals surface area contributed by atoms with Gasteiger partial charge in [0.05, 0.1) is 5.60 Å². The van der Waals surface area contributed by atoms with Crippen LogP contribution in [-0.2, 0) is 0 Å². The van der Waals surface area contributed by atoms with Gasteiger partial charge in [-0.3, -0.25) is 0 Å². The Morgan fingerprint density at radius 3 is 2.27 bits per heavy atom. The highest BCUT2D eigenvalue weighted by atomic mass is 16.3. The third-order valence-electron chi connectivity index (χ3n) is 2.89. The minimum atomic E-state index is -0.630. The van der Waals surface area contributed by atoms with E-state index < -0.39 is 5.60 Å². The van der Waals surface area contributed by atoms with Crippen molar-refractivity contribution in [3.05, 3.63) is 29.3 Å². The second-order valence-corrected chi connectivity index (χ2v) is 4.47. The number of para-hydroxylation sites is 1. The lowest BCUT2D eigenvalue weighted by molar-refractivity contribution is 0.0697. The minimum Gasteiger partial charge on any atom is -0.388 e. The summed E-state index contributed by atoms with van der Waals surface area (Å²) in [6.07, 6.45) is 0.755. The zero-order valence-electron chi connectivity index (χ0n) is 10.1. The summed E-state index contributed by atoms with van der Waals surface area (Å²) in [6, 6.07) is 6.21. The number of hydrogen-bond acceptors (Lipinski definition) is 2. The molecular weight excluding hydrogens is 186 g/mol. The lowest BCUT2D eigenvalue weighted by atomic mass is 10.0. The topological polar surface area (TPSA) is 32.3 Å². The summed E-state index contributed by atoms with van der Waals surface area (Å²) < 4.78 is 0. The van der Waals surface area contributed by atoms with Gasteiger partial charge in [-0.05, 0) is 38.3 Å². The zero-order valence-corrected chi connectivity index (χ0v) is 10.1. The molecule has 0 bridgehead atoms. The first-order valence-corrected chi connectivity index (χ1v) is 5.49. The van der Waals surface area contributed by atoms with Gasteiger partial charge in [0.25, 0.3) is 0 Å². The molecule has 1 aromatic carbocycles. The summed E-state index contributed by atoms with van der Waals surface area (Å²) in [6.45, 7) is 8.60. The van der Waals surface area contributed by atoms with E-state index in [2.05, 4.69) is 31.3 Å². The molecule has 1 atom stereocenters. The van der Waals surface area contributed by atoms with Crippen LogP contribution in [0.15, 0.2) is 18.2 Å². The predicted molar refractivity (Wildman–Crippen MR) is 65.3 cm³/mol. The van der Waals surface area contributed by atoms with E-state index in [1.54, 1.807) is 0 Å². The van der Waals surface area contributed by atoms with E-state index in [4.69, 9.17) is 0 Å². The SMILES string of the molecule is CCC(C)(O)CNc1c(C)cccc1C. The first kappa shape index (κ1) is 12.1. The molecular formula is C13H21NO. The first-order chi connectivity index (χ1) is 6.96. The number of rotatable bonds is 4. The van der Waals surface area contributed by atoms with E-state index in [9.17, 15) is 5.11 Å². The van der Waals surface area contributed by atoms with Gasteiger partial charge in [-0.2, -0.15) is 0 Å². The number of anilines is 1. The second-order valence-electron chi connectivity index (χ2n) is 4.47. The van der Waals surface area contributed by atoms with Crippen LogP contribution < -0.4 is 5.32 Å². The van der Waals surface area contributed by atoms with Gasteiger partial charge in [0.2, 0.25) is 0 Å². The van der Waals surface area contributed by atoms with Crippen molar-refractivity contribution in [2.45, 2.75) is 39.7 Å². The Kier molecular flexibility index (Phi) is 3.75. The monoisotopic (exact) mass is 207 g/mol. The molecule has 2 heteroatoms. The van der Waals surface area contributed by atoms with Crippen LogP contribution >= 0.6 is 0 Å². The zero-order chi connectivity index (χ0) is 11.5. The first-order valence-electron chi connectivity index (χ1n) is 5.49. The van der Waals surface area contributed by atoms with Crippen molar-refractivity contribution < 1.29 is 5.11 Å². The van der Waals surface area contributed by atoms with Crippen LogP contribution in [0.25, 0.3) is 0 Å². The summed E-state index contributed by atoms with van der Waals surface area (Å²) in [5.41, 5.74) is 2.96. The Balaban J connectivity index is 2.73. The quantitative estimate of drug-likeness (QED) is 0.795. The number of benzene rings is 1. The Hall–Kier alpha value is -1.02. The Morgan fingerprint density at radius 2 is 1.80 bits per heavy atom. The maximum absolute atomic E-state index is 9.90. The average molecular weight is 207 g/mol. The molecule has 1 aromatic rings. The fourth-order valence-corrected chi connectivity index (χ4v) is 1.50. The Labute approximate surface area is 92.3 Å². The highest BCUT2D eigenvalue weighted by molar-refractivity contribution is 5.56. The van der Waals surface area contributed by atoms with Crippen LogP contribution in [0.4, 0.5) is 5.69 Å². The number of nitrogens with one attached hydrogen (secondary N) is 1. The molecule has 1 rings (SSSR count). The molecule has 0 aliphatic carbocycles. The molecule has 2 nitrogen and oxygen atoms in total. The molecule has 0 amide bonds. The van der Waals surface area contributed by atoms with Gasteiger partial charge in [0.1, 0.15) is 0 Å². The number of hydrogen-bond donors (Lipinski definition) is 2. The lowest BCUT2D eigenvalue weighted by Crippen LogP contribution is -2.32. The summed E-state index contributed by atoms with van der Waals surface area (Å²) in [7, 11) is 0. The maximum Gasteiger partial charge on any atom is 0.0788 e. The van der Waals surface area contributed by atoms with E-state index in [0.717, 1.165) is 12.1 Å². The van der Waals surface area contributed by atoms with E-state index in [1.807, 2.05) is 19.9 Å². The van der Waals surface area contributed by atoms with Crippen LogP contribution in [0, 0.1) is 13.8 Å². The van der Waals surface area contributed by atoms with Gasteiger partial charge < -0.3 is 10.4 Å². The minimum absolute atomic E-state index is 0.592. The smallest absolute Gasteiger partial charge is 0.0788 e. The molecule has 0 aromatic heterocycles. The van der Waals surface area contributed by atoms with Crippen LogP contribution in [0.2, 0.25) is 0 Å². The highest BCUT2D eigenvalue weighted by Crippen LogP contribution is 2.20. The van der Waals surface area contributed by atoms with Crippen molar-refractivity contribution in [3.8, 4) is 0 Å². The second kappa shape index (κ2) is 4.67. The van der Waals surface area contributed by atoms with Crippen molar-refractivity contribution in [3.63, 3.8) is 0 Å². The third-order valence-corrected chi connectivity index (χ3v) is 2.89. The highest BCUT2D eigenvalue weighted by Gasteiger charge is 2.17. The molecule has 0 spiro atoms. The maximum atomic E-state index is 9.90. The molecule has 0 saturated heterocycles. The largest absolute Gasteiger partial charge is 0.388 e. The molecule has 0 aliphatic heterocycles. The molecule has 0 fully saturated rings. The fourth-order valence-electron chi connectivity index (χ4n) is 1.50. The van der Waals surface area contributed by atoms with E-state index in [-0.39, 0.29) is 0 Å². The predicted octanol–water partition coefficient (Wildman–Crippen LogP) is 2.88. The van der Waals surface area contributed by atoms with Crippen molar-refractivity contribution in [1.82, 2.24) is 0 Å².